The number of benzene rings is 1. The molecular formula is C12H17NO3S. The molecule has 1 aromatic heterocycles. The second-order valence-electron chi connectivity index (χ2n) is 3.32. The maximum Gasteiger partial charge on any atom is 0.305 e. The van der Waals surface area contributed by atoms with E-state index in [-0.39, 0.29) is 10.6 Å². The molecule has 1 heterocycles. The number of thiazole rings is 1. The van der Waals surface area contributed by atoms with Crippen LogP contribution in [0.15, 0.2) is 16.9 Å². The van der Waals surface area contributed by atoms with Gasteiger partial charge in [-0.25, -0.2) is 0 Å². The van der Waals surface area contributed by atoms with Crippen molar-refractivity contribution in [1.29, 1.82) is 0 Å². The van der Waals surface area contributed by atoms with Gasteiger partial charge in [0, 0.05) is 5.56 Å². The number of fused-ring (bicyclic) bond motifs is 1. The Labute approximate surface area is 104 Å². The SMILES string of the molecule is CC.CCC(O)c1ccc(O)c2[nH]c(=O)sc12. The maximum atomic E-state index is 11.2. The van der Waals surface area contributed by atoms with Crippen LogP contribution in [-0.2, 0) is 0 Å². The van der Waals surface area contributed by atoms with Crippen LogP contribution < -0.4 is 4.87 Å². The fraction of sp³-hybridized carbons (Fsp3) is 0.417. The molecule has 0 aliphatic heterocycles. The highest BCUT2D eigenvalue weighted by Crippen LogP contribution is 2.32. The highest BCUT2D eigenvalue weighted by Gasteiger charge is 2.14. The van der Waals surface area contributed by atoms with Crippen molar-refractivity contribution < 1.29 is 10.2 Å². The zero-order valence-corrected chi connectivity index (χ0v) is 11.0. The normalized spacial score (nSPS) is 12.0. The zero-order chi connectivity index (χ0) is 13.0. The van der Waals surface area contributed by atoms with Crippen LogP contribution in [0.25, 0.3) is 10.2 Å². The lowest BCUT2D eigenvalue weighted by Crippen LogP contribution is -1.94. The summed E-state index contributed by atoms with van der Waals surface area (Å²) in [6, 6.07) is 3.13. The van der Waals surface area contributed by atoms with Crippen molar-refractivity contribution in [3.8, 4) is 5.75 Å². The fourth-order valence-electron chi connectivity index (χ4n) is 1.52. The Morgan fingerprint density at radius 2 is 2.06 bits per heavy atom. The first kappa shape index (κ1) is 13.7. The van der Waals surface area contributed by atoms with Crippen LogP contribution in [0.5, 0.6) is 5.75 Å². The van der Waals surface area contributed by atoms with Crippen LogP contribution in [0.3, 0.4) is 0 Å². The summed E-state index contributed by atoms with van der Waals surface area (Å²) in [6.45, 7) is 5.86. The molecule has 0 radical (unpaired) electrons. The van der Waals surface area contributed by atoms with E-state index in [1.807, 2.05) is 20.8 Å². The number of hydrogen-bond donors (Lipinski definition) is 3. The first-order valence-corrected chi connectivity index (χ1v) is 6.48. The minimum Gasteiger partial charge on any atom is -0.506 e. The highest BCUT2D eigenvalue weighted by atomic mass is 32.1. The topological polar surface area (TPSA) is 73.3 Å². The Balaban J connectivity index is 0.000000686. The number of aromatic amines is 1. The van der Waals surface area contributed by atoms with E-state index in [0.717, 1.165) is 11.3 Å². The molecule has 1 unspecified atom stereocenters. The first-order chi connectivity index (χ1) is 8.13. The Morgan fingerprint density at radius 1 is 1.41 bits per heavy atom. The number of H-pyrrole nitrogens is 1. The number of aromatic hydroxyl groups is 1. The molecule has 3 N–H and O–H groups in total. The van der Waals surface area contributed by atoms with Gasteiger partial charge in [0.25, 0.3) is 0 Å². The number of aliphatic hydroxyl groups excluding tert-OH is 1. The lowest BCUT2D eigenvalue weighted by atomic mass is 10.1. The quantitative estimate of drug-likeness (QED) is 0.772. The van der Waals surface area contributed by atoms with E-state index < -0.39 is 6.10 Å². The largest absolute Gasteiger partial charge is 0.506 e. The van der Waals surface area contributed by atoms with Gasteiger partial charge in [0.15, 0.2) is 0 Å². The van der Waals surface area contributed by atoms with Crippen molar-refractivity contribution in [2.24, 2.45) is 0 Å². The Kier molecular flexibility index (Phi) is 4.72. The van der Waals surface area contributed by atoms with Gasteiger partial charge in [-0.3, -0.25) is 4.79 Å². The van der Waals surface area contributed by atoms with Gasteiger partial charge in [0.05, 0.1) is 10.8 Å². The average Bonchev–Trinajstić information content (AvgIpc) is 2.74. The van der Waals surface area contributed by atoms with E-state index in [9.17, 15) is 15.0 Å². The summed E-state index contributed by atoms with van der Waals surface area (Å²) in [4.78, 5) is 13.5. The summed E-state index contributed by atoms with van der Waals surface area (Å²) < 4.78 is 0.634. The van der Waals surface area contributed by atoms with Gasteiger partial charge >= 0.3 is 4.87 Å². The van der Waals surface area contributed by atoms with Crippen LogP contribution >= 0.6 is 11.3 Å². The van der Waals surface area contributed by atoms with Crippen molar-refractivity contribution >= 4 is 21.6 Å². The van der Waals surface area contributed by atoms with Gasteiger partial charge in [-0.2, -0.15) is 0 Å². The van der Waals surface area contributed by atoms with E-state index >= 15 is 0 Å². The Bertz CT molecular complexity index is 544. The zero-order valence-electron chi connectivity index (χ0n) is 10.2. The molecule has 2 rings (SSSR count). The Hall–Kier alpha value is -1.33. The molecule has 17 heavy (non-hydrogen) atoms. The molecule has 5 heteroatoms. The fourth-order valence-corrected chi connectivity index (χ4v) is 2.44. The summed E-state index contributed by atoms with van der Waals surface area (Å²) in [6.07, 6.45) is -0.0223. The minimum absolute atomic E-state index is 0.0374. The molecule has 0 fully saturated rings. The van der Waals surface area contributed by atoms with E-state index in [1.54, 1.807) is 6.07 Å². The molecule has 1 atom stereocenters. The number of nitrogens with one attached hydrogen (secondary N) is 1. The van der Waals surface area contributed by atoms with E-state index in [0.29, 0.717) is 22.2 Å². The number of phenols is 1. The second-order valence-corrected chi connectivity index (χ2v) is 4.30. The average molecular weight is 255 g/mol. The van der Waals surface area contributed by atoms with Gasteiger partial charge in [-0.1, -0.05) is 38.2 Å². The molecule has 2 aromatic rings. The van der Waals surface area contributed by atoms with Gasteiger partial charge in [-0.05, 0) is 12.5 Å². The molecule has 4 nitrogen and oxygen atoms in total. The monoisotopic (exact) mass is 255 g/mol. The molecule has 0 saturated heterocycles. The second kappa shape index (κ2) is 5.84. The molecule has 94 valence electrons. The third kappa shape index (κ3) is 2.68. The van der Waals surface area contributed by atoms with Crippen molar-refractivity contribution in [2.75, 3.05) is 0 Å². The lowest BCUT2D eigenvalue weighted by molar-refractivity contribution is 0.175. The summed E-state index contributed by atoms with van der Waals surface area (Å²) in [5.74, 6) is 0.0374. The molecule has 1 aromatic carbocycles. The molecule has 0 aliphatic rings. The minimum atomic E-state index is -0.598. The molecular weight excluding hydrogens is 238 g/mol. The van der Waals surface area contributed by atoms with E-state index in [2.05, 4.69) is 4.98 Å². The molecule has 0 bridgehead atoms. The summed E-state index contributed by atoms with van der Waals surface area (Å²) >= 11 is 1.01. The highest BCUT2D eigenvalue weighted by molar-refractivity contribution is 7.16. The molecule has 0 spiro atoms. The lowest BCUT2D eigenvalue weighted by Gasteiger charge is -2.08. The van der Waals surface area contributed by atoms with Gasteiger partial charge in [0.2, 0.25) is 0 Å². The number of rotatable bonds is 2. The van der Waals surface area contributed by atoms with Crippen molar-refractivity contribution in [1.82, 2.24) is 4.98 Å². The van der Waals surface area contributed by atoms with Gasteiger partial charge in [0.1, 0.15) is 11.3 Å². The van der Waals surface area contributed by atoms with Crippen LogP contribution in [0.2, 0.25) is 0 Å². The van der Waals surface area contributed by atoms with Gasteiger partial charge in [-0.15, -0.1) is 0 Å². The summed E-state index contributed by atoms with van der Waals surface area (Å²) in [7, 11) is 0. The van der Waals surface area contributed by atoms with Crippen LogP contribution in [-0.4, -0.2) is 15.2 Å². The standard InChI is InChI=1S/C10H11NO3S.C2H6/c1-2-6(12)5-3-4-7(13)8-9(5)15-10(14)11-8;1-2/h3-4,6,12-13H,2H2,1H3,(H,11,14);1-2H3. The number of hydrogen-bond acceptors (Lipinski definition) is 4. The number of aliphatic hydroxyl groups is 1. The first-order valence-electron chi connectivity index (χ1n) is 5.66. The van der Waals surface area contributed by atoms with Gasteiger partial charge < -0.3 is 15.2 Å². The molecule has 0 saturated carbocycles. The summed E-state index contributed by atoms with van der Waals surface area (Å²) in [5, 5.41) is 19.3. The van der Waals surface area contributed by atoms with E-state index in [1.165, 1.54) is 6.07 Å². The Morgan fingerprint density at radius 3 is 2.65 bits per heavy atom. The predicted octanol–water partition coefficient (Wildman–Crippen LogP) is 2.76. The van der Waals surface area contributed by atoms with E-state index in [4.69, 9.17) is 0 Å². The van der Waals surface area contributed by atoms with Crippen molar-refractivity contribution in [2.45, 2.75) is 33.3 Å². The van der Waals surface area contributed by atoms with Crippen LogP contribution in [0, 0.1) is 0 Å². The smallest absolute Gasteiger partial charge is 0.305 e. The number of phenolic OH excluding ortho intramolecular Hbond substituents is 1. The molecule has 0 amide bonds. The van der Waals surface area contributed by atoms with Crippen LogP contribution in [0.4, 0.5) is 0 Å². The number of aromatic nitrogens is 1. The third-order valence-corrected chi connectivity index (χ3v) is 3.27. The van der Waals surface area contributed by atoms with Crippen molar-refractivity contribution in [3.05, 3.63) is 27.4 Å². The predicted molar refractivity (Wildman–Crippen MR) is 70.7 cm³/mol. The molecule has 0 aliphatic carbocycles. The van der Waals surface area contributed by atoms with Crippen molar-refractivity contribution in [3.63, 3.8) is 0 Å². The summed E-state index contributed by atoms with van der Waals surface area (Å²) in [5.41, 5.74) is 1.10. The third-order valence-electron chi connectivity index (χ3n) is 2.33. The van der Waals surface area contributed by atoms with Crippen LogP contribution in [0.1, 0.15) is 38.9 Å². The maximum absolute atomic E-state index is 11.2.